The Labute approximate surface area is 67.9 Å². The van der Waals surface area contributed by atoms with Crippen molar-refractivity contribution in [3.8, 4) is 0 Å². The first-order valence-electron chi connectivity index (χ1n) is 2.19. The summed E-state index contributed by atoms with van der Waals surface area (Å²) >= 11 is -0.324. The molecule has 0 amide bonds. The van der Waals surface area contributed by atoms with E-state index in [0.717, 1.165) is 0 Å². The van der Waals surface area contributed by atoms with Gasteiger partial charge in [-0.05, 0) is 0 Å². The molecule has 0 radical (unpaired) electrons. The number of rotatable bonds is 1. The van der Waals surface area contributed by atoms with E-state index < -0.39 is 19.3 Å². The molecule has 0 aliphatic rings. The molecule has 0 heterocycles. The molecule has 0 aromatic heterocycles. The Morgan fingerprint density at radius 1 is 1.00 bits per heavy atom. The van der Waals surface area contributed by atoms with E-state index in [4.69, 9.17) is 0 Å². The van der Waals surface area contributed by atoms with Crippen molar-refractivity contribution in [1.29, 1.82) is 0 Å². The van der Waals surface area contributed by atoms with Gasteiger partial charge < -0.3 is 0 Å². The zero-order valence-corrected chi connectivity index (χ0v) is 5.93. The van der Waals surface area contributed by atoms with Gasteiger partial charge in [0.2, 0.25) is 0 Å². The second-order valence-electron chi connectivity index (χ2n) is 1.76. The first-order chi connectivity index (χ1) is 4.50. The SMILES string of the molecule is [Li][C](F)(F)S(=O)(=O)C(F)(F)F. The Bertz CT molecular complexity index is 214. The van der Waals surface area contributed by atoms with Gasteiger partial charge in [0.25, 0.3) is 0 Å². The average molecular weight is 190 g/mol. The molecule has 0 spiro atoms. The van der Waals surface area contributed by atoms with Crippen LogP contribution in [0.5, 0.6) is 0 Å². The Balaban J connectivity index is 5.11. The first-order valence-corrected chi connectivity index (χ1v) is 3.67. The number of hydrogen-bond acceptors (Lipinski definition) is 2. The van der Waals surface area contributed by atoms with Gasteiger partial charge in [-0.3, -0.25) is 0 Å². The van der Waals surface area contributed by atoms with Gasteiger partial charge >= 0.3 is 67.4 Å². The normalized spacial score (nSPS) is 15.2. The van der Waals surface area contributed by atoms with E-state index >= 15 is 0 Å². The number of sulfone groups is 1. The topological polar surface area (TPSA) is 34.1 Å². The van der Waals surface area contributed by atoms with Crippen molar-refractivity contribution in [3.63, 3.8) is 0 Å². The second kappa shape index (κ2) is 2.60. The van der Waals surface area contributed by atoms with E-state index in [1.807, 2.05) is 0 Å². The molecule has 0 unspecified atom stereocenters. The quantitative estimate of drug-likeness (QED) is 0.449. The summed E-state index contributed by atoms with van der Waals surface area (Å²) in [6.07, 6.45) is 0. The number of halogens is 5. The van der Waals surface area contributed by atoms with E-state index in [2.05, 4.69) is 0 Å². The average Bonchev–Trinajstić information content (AvgIpc) is 1.58. The van der Waals surface area contributed by atoms with Crippen molar-refractivity contribution in [2.45, 2.75) is 9.44 Å². The predicted molar refractivity (Wildman–Crippen MR) is 25.7 cm³/mol. The molecule has 0 aliphatic carbocycles. The van der Waals surface area contributed by atoms with Crippen LogP contribution in [0.3, 0.4) is 0 Å². The van der Waals surface area contributed by atoms with Gasteiger partial charge in [-0.1, -0.05) is 0 Å². The molecule has 62 valence electrons. The van der Waals surface area contributed by atoms with Crippen LogP contribution < -0.4 is 0 Å². The predicted octanol–water partition coefficient (Wildman–Crippen LogP) is 0.640. The van der Waals surface area contributed by atoms with Crippen LogP contribution in [0.4, 0.5) is 22.0 Å². The van der Waals surface area contributed by atoms with E-state index in [1.165, 1.54) is 0 Å². The summed E-state index contributed by atoms with van der Waals surface area (Å²) in [5, 5.41) is 0. The molecule has 0 N–H and O–H groups in total. The van der Waals surface area contributed by atoms with E-state index in [-0.39, 0.29) is 17.7 Å². The maximum atomic E-state index is 11.7. The van der Waals surface area contributed by atoms with Crippen LogP contribution in [-0.2, 0) is 9.84 Å². The third kappa shape index (κ3) is 2.07. The summed E-state index contributed by atoms with van der Waals surface area (Å²) in [7, 11) is -6.35. The fraction of sp³-hybridized carbons (Fsp3) is 1.00. The molecule has 0 saturated carbocycles. The van der Waals surface area contributed by atoms with Gasteiger partial charge in [-0.15, -0.1) is 0 Å². The van der Waals surface area contributed by atoms with Crippen molar-refractivity contribution in [2.75, 3.05) is 0 Å². The molecule has 0 saturated heterocycles. The van der Waals surface area contributed by atoms with Crippen molar-refractivity contribution in [1.82, 2.24) is 0 Å². The van der Waals surface area contributed by atoms with Gasteiger partial charge in [-0.2, -0.15) is 0 Å². The molecular formula is C2F5LiO2S. The van der Waals surface area contributed by atoms with Crippen LogP contribution in [0.15, 0.2) is 0 Å². The van der Waals surface area contributed by atoms with Crippen LogP contribution in [0, 0.1) is 0 Å². The summed E-state index contributed by atoms with van der Waals surface area (Å²) in [5.41, 5.74) is -5.90. The Kier molecular flexibility index (Phi) is 2.65. The molecule has 2 nitrogen and oxygen atoms in total. The Hall–Kier alpha value is 0.197. The minimum absolute atomic E-state index is 0.324. The molecule has 0 bridgehead atoms. The summed E-state index contributed by atoms with van der Waals surface area (Å²) < 4.78 is 72.0. The minimum atomic E-state index is -6.35. The zero-order valence-electron chi connectivity index (χ0n) is 5.11. The maximum absolute atomic E-state index is 11.7. The molecule has 11 heavy (non-hydrogen) atoms. The fourth-order valence-corrected chi connectivity index (χ4v) is 0.610. The van der Waals surface area contributed by atoms with Gasteiger partial charge in [-0.25, -0.2) is 0 Å². The monoisotopic (exact) mass is 190 g/mol. The third-order valence-electron chi connectivity index (χ3n) is 0.777. The van der Waals surface area contributed by atoms with E-state index in [9.17, 15) is 30.4 Å². The zero-order chi connectivity index (χ0) is 9.50. The van der Waals surface area contributed by atoms with Crippen molar-refractivity contribution >= 4 is 27.6 Å². The molecule has 0 aromatic carbocycles. The Morgan fingerprint density at radius 2 is 1.27 bits per heavy atom. The van der Waals surface area contributed by atoms with Crippen molar-refractivity contribution in [2.24, 2.45) is 0 Å². The summed E-state index contributed by atoms with van der Waals surface area (Å²) in [4.78, 5) is 0. The third-order valence-corrected chi connectivity index (χ3v) is 2.33. The van der Waals surface area contributed by atoms with Crippen molar-refractivity contribution in [3.05, 3.63) is 0 Å². The van der Waals surface area contributed by atoms with Crippen LogP contribution in [0.1, 0.15) is 0 Å². The summed E-state index contributed by atoms with van der Waals surface area (Å²) in [5.74, 6) is 0. The molecule has 0 aromatic rings. The molecule has 0 aliphatic heterocycles. The molecule has 0 rings (SSSR count). The molecule has 9 heteroatoms. The van der Waals surface area contributed by atoms with E-state index in [0.29, 0.717) is 0 Å². The van der Waals surface area contributed by atoms with Gasteiger partial charge in [0.1, 0.15) is 0 Å². The number of hydrogen-bond donors (Lipinski definition) is 0. The standard InChI is InChI=1S/C2F5O2S.Li/c3-1(4)10(8,9)2(5,6)7;. The Morgan fingerprint density at radius 3 is 1.27 bits per heavy atom. The van der Waals surface area contributed by atoms with Crippen LogP contribution in [-0.4, -0.2) is 35.6 Å². The summed E-state index contributed by atoms with van der Waals surface area (Å²) in [6, 6.07) is 0. The number of alkyl halides is 5. The van der Waals surface area contributed by atoms with E-state index in [1.54, 1.807) is 0 Å². The first kappa shape index (κ1) is 11.2. The van der Waals surface area contributed by atoms with Gasteiger partial charge in [0, 0.05) is 0 Å². The van der Waals surface area contributed by atoms with Gasteiger partial charge in [0.05, 0.1) is 0 Å². The molecular weight excluding hydrogens is 190 g/mol. The molecule has 0 fully saturated rings. The van der Waals surface area contributed by atoms with Crippen LogP contribution in [0.25, 0.3) is 0 Å². The van der Waals surface area contributed by atoms with Crippen molar-refractivity contribution < 1.29 is 30.4 Å². The van der Waals surface area contributed by atoms with Crippen LogP contribution in [0.2, 0.25) is 0 Å². The summed E-state index contributed by atoms with van der Waals surface area (Å²) in [6.45, 7) is 0. The van der Waals surface area contributed by atoms with Crippen LogP contribution >= 0.6 is 0 Å². The second-order valence-corrected chi connectivity index (χ2v) is 3.94. The fourth-order valence-electron chi connectivity index (χ4n) is 0.203. The van der Waals surface area contributed by atoms with Gasteiger partial charge in [0.15, 0.2) is 0 Å². The molecule has 0 atom stereocenters.